The quantitative estimate of drug-likeness (QED) is 0.860. The summed E-state index contributed by atoms with van der Waals surface area (Å²) in [6.07, 6.45) is 2.01. The third kappa shape index (κ3) is 3.89. The lowest BCUT2D eigenvalue weighted by molar-refractivity contribution is 0.0882. The van der Waals surface area contributed by atoms with Crippen molar-refractivity contribution in [3.8, 4) is 0 Å². The molecule has 0 radical (unpaired) electrons. The van der Waals surface area contributed by atoms with Gasteiger partial charge in [0.2, 0.25) is 10.1 Å². The van der Waals surface area contributed by atoms with Gasteiger partial charge in [0, 0.05) is 19.1 Å². The van der Waals surface area contributed by atoms with Gasteiger partial charge in [0.25, 0.3) is 5.91 Å². The van der Waals surface area contributed by atoms with Crippen LogP contribution in [0.3, 0.4) is 0 Å². The lowest BCUT2D eigenvalue weighted by atomic mass is 9.94. The van der Waals surface area contributed by atoms with Crippen LogP contribution in [0.15, 0.2) is 0 Å². The highest BCUT2D eigenvalue weighted by atomic mass is 32.1. The number of hydrogen-bond acceptors (Lipinski definition) is 6. The summed E-state index contributed by atoms with van der Waals surface area (Å²) >= 11 is 1.32. The number of carbonyl (C=O) groups excluding carboxylic acids is 1. The van der Waals surface area contributed by atoms with Gasteiger partial charge in [-0.05, 0) is 32.4 Å². The molecule has 0 bridgehead atoms. The zero-order valence-corrected chi connectivity index (χ0v) is 13.2. The Balaban J connectivity index is 1.89. The number of amides is 1. The molecule has 0 spiro atoms. The predicted octanol–water partition coefficient (Wildman–Crippen LogP) is 1.43. The van der Waals surface area contributed by atoms with Gasteiger partial charge in [-0.3, -0.25) is 4.79 Å². The Labute approximate surface area is 124 Å². The third-order valence-electron chi connectivity index (χ3n) is 3.57. The maximum atomic E-state index is 12.2. The molecular formula is C13H23N5OS. The van der Waals surface area contributed by atoms with Crippen LogP contribution in [0.25, 0.3) is 0 Å². The van der Waals surface area contributed by atoms with Crippen LogP contribution in [0.1, 0.15) is 36.5 Å². The number of anilines is 1. The van der Waals surface area contributed by atoms with Gasteiger partial charge in [-0.15, -0.1) is 10.2 Å². The molecule has 2 unspecified atom stereocenters. The minimum absolute atomic E-state index is 0.103. The van der Waals surface area contributed by atoms with E-state index in [1.54, 1.807) is 0 Å². The lowest BCUT2D eigenvalue weighted by Gasteiger charge is -2.34. The first-order chi connectivity index (χ1) is 9.60. The van der Waals surface area contributed by atoms with Crippen LogP contribution in [0.4, 0.5) is 5.13 Å². The predicted molar refractivity (Wildman–Crippen MR) is 81.2 cm³/mol. The average molecular weight is 297 g/mol. The van der Waals surface area contributed by atoms with E-state index in [1.807, 2.05) is 0 Å². The maximum absolute atomic E-state index is 12.2. The van der Waals surface area contributed by atoms with E-state index in [2.05, 4.69) is 46.6 Å². The third-order valence-corrected chi connectivity index (χ3v) is 4.45. The number of piperidine rings is 1. The van der Waals surface area contributed by atoms with Gasteiger partial charge in [0.05, 0.1) is 0 Å². The first kappa shape index (κ1) is 15.2. The molecule has 1 aliphatic rings. The SMILES string of the molecule is CCCNc1nnc(C(=O)NC2CCN(C)CC2C)s1. The molecule has 2 rings (SSSR count). The highest BCUT2D eigenvalue weighted by Gasteiger charge is 2.26. The Morgan fingerprint density at radius 2 is 2.30 bits per heavy atom. The number of aromatic nitrogens is 2. The number of likely N-dealkylation sites (tertiary alicyclic amines) is 1. The van der Waals surface area contributed by atoms with Crippen LogP contribution >= 0.6 is 11.3 Å². The molecule has 2 N–H and O–H groups in total. The Morgan fingerprint density at radius 1 is 1.50 bits per heavy atom. The zero-order chi connectivity index (χ0) is 14.5. The Kier molecular flexibility index (Phi) is 5.31. The van der Waals surface area contributed by atoms with Crippen molar-refractivity contribution in [3.63, 3.8) is 0 Å². The summed E-state index contributed by atoms with van der Waals surface area (Å²) in [5.74, 6) is 0.358. The Morgan fingerprint density at radius 3 is 3.00 bits per heavy atom. The molecule has 1 saturated heterocycles. The number of hydrogen-bond donors (Lipinski definition) is 2. The van der Waals surface area contributed by atoms with Gasteiger partial charge in [0.15, 0.2) is 0 Å². The van der Waals surface area contributed by atoms with Crippen LogP contribution in [0.5, 0.6) is 0 Å². The summed E-state index contributed by atoms with van der Waals surface area (Å²) in [4.78, 5) is 14.5. The molecule has 1 amide bonds. The van der Waals surface area contributed by atoms with Crippen molar-refractivity contribution in [2.45, 2.75) is 32.7 Å². The van der Waals surface area contributed by atoms with Crippen LogP contribution in [0, 0.1) is 5.92 Å². The first-order valence-corrected chi connectivity index (χ1v) is 7.98. The molecule has 0 saturated carbocycles. The van der Waals surface area contributed by atoms with E-state index < -0.39 is 0 Å². The zero-order valence-electron chi connectivity index (χ0n) is 12.3. The summed E-state index contributed by atoms with van der Waals surface area (Å²) in [7, 11) is 2.12. The highest BCUT2D eigenvalue weighted by molar-refractivity contribution is 7.17. The smallest absolute Gasteiger partial charge is 0.282 e. The minimum atomic E-state index is -0.103. The van der Waals surface area contributed by atoms with Crippen LogP contribution < -0.4 is 10.6 Å². The van der Waals surface area contributed by atoms with E-state index in [9.17, 15) is 4.79 Å². The van der Waals surface area contributed by atoms with Crippen molar-refractivity contribution in [1.29, 1.82) is 0 Å². The van der Waals surface area contributed by atoms with Crippen LogP contribution in [-0.2, 0) is 0 Å². The largest absolute Gasteiger partial charge is 0.360 e. The summed E-state index contributed by atoms with van der Waals surface area (Å²) < 4.78 is 0. The summed E-state index contributed by atoms with van der Waals surface area (Å²) in [6, 6.07) is 0.231. The van der Waals surface area contributed by atoms with E-state index in [-0.39, 0.29) is 11.9 Å². The van der Waals surface area contributed by atoms with Crippen LogP contribution in [-0.4, -0.2) is 53.7 Å². The lowest BCUT2D eigenvalue weighted by Crippen LogP contribution is -2.48. The average Bonchev–Trinajstić information content (AvgIpc) is 2.88. The number of nitrogens with zero attached hydrogens (tertiary/aromatic N) is 3. The monoisotopic (exact) mass is 297 g/mol. The van der Waals surface area contributed by atoms with Gasteiger partial charge in [-0.2, -0.15) is 0 Å². The van der Waals surface area contributed by atoms with Gasteiger partial charge < -0.3 is 15.5 Å². The second kappa shape index (κ2) is 6.99. The second-order valence-electron chi connectivity index (χ2n) is 5.45. The van der Waals surface area contributed by atoms with Gasteiger partial charge >= 0.3 is 0 Å². The maximum Gasteiger partial charge on any atom is 0.282 e. The fraction of sp³-hybridized carbons (Fsp3) is 0.769. The summed E-state index contributed by atoms with van der Waals surface area (Å²) in [5.41, 5.74) is 0. The minimum Gasteiger partial charge on any atom is -0.360 e. The van der Waals surface area contributed by atoms with Crippen molar-refractivity contribution in [3.05, 3.63) is 5.01 Å². The molecular weight excluding hydrogens is 274 g/mol. The van der Waals surface area contributed by atoms with Gasteiger partial charge in [-0.1, -0.05) is 25.2 Å². The van der Waals surface area contributed by atoms with E-state index in [4.69, 9.17) is 0 Å². The van der Waals surface area contributed by atoms with E-state index in [0.717, 1.165) is 32.5 Å². The molecule has 20 heavy (non-hydrogen) atoms. The van der Waals surface area contributed by atoms with Crippen molar-refractivity contribution in [2.75, 3.05) is 32.0 Å². The van der Waals surface area contributed by atoms with E-state index in [0.29, 0.717) is 16.1 Å². The highest BCUT2D eigenvalue weighted by Crippen LogP contribution is 2.18. The molecule has 112 valence electrons. The normalized spacial score (nSPS) is 23.6. The molecule has 2 heterocycles. The molecule has 0 aliphatic carbocycles. The number of rotatable bonds is 5. The Hall–Kier alpha value is -1.21. The topological polar surface area (TPSA) is 70.1 Å². The first-order valence-electron chi connectivity index (χ1n) is 7.17. The molecule has 1 aromatic rings. The Bertz CT molecular complexity index is 450. The molecule has 1 aromatic heterocycles. The molecule has 0 aromatic carbocycles. The fourth-order valence-corrected chi connectivity index (χ4v) is 3.09. The fourth-order valence-electron chi connectivity index (χ4n) is 2.42. The van der Waals surface area contributed by atoms with Crippen molar-refractivity contribution < 1.29 is 4.79 Å². The molecule has 2 atom stereocenters. The van der Waals surface area contributed by atoms with E-state index in [1.165, 1.54) is 11.3 Å². The second-order valence-corrected chi connectivity index (χ2v) is 6.42. The van der Waals surface area contributed by atoms with Gasteiger partial charge in [0.1, 0.15) is 0 Å². The summed E-state index contributed by atoms with van der Waals surface area (Å²) in [6.45, 7) is 7.15. The molecule has 1 fully saturated rings. The van der Waals surface area contributed by atoms with Crippen LogP contribution in [0.2, 0.25) is 0 Å². The van der Waals surface area contributed by atoms with Gasteiger partial charge in [-0.25, -0.2) is 0 Å². The standard InChI is InChI=1S/C13H23N5OS/c1-4-6-14-13-17-16-12(20-13)11(19)15-10-5-7-18(3)8-9(10)2/h9-10H,4-8H2,1-3H3,(H,14,17)(H,15,19). The van der Waals surface area contributed by atoms with Crippen molar-refractivity contribution in [2.24, 2.45) is 5.92 Å². The van der Waals surface area contributed by atoms with Crippen molar-refractivity contribution >= 4 is 22.4 Å². The number of nitrogens with one attached hydrogen (secondary N) is 2. The van der Waals surface area contributed by atoms with Crippen molar-refractivity contribution in [1.82, 2.24) is 20.4 Å². The molecule has 6 nitrogen and oxygen atoms in total. The van der Waals surface area contributed by atoms with E-state index >= 15 is 0 Å². The molecule has 7 heteroatoms. The molecule has 1 aliphatic heterocycles. The summed E-state index contributed by atoms with van der Waals surface area (Å²) in [5, 5.41) is 15.3. The number of carbonyl (C=O) groups is 1.